The molecule has 0 bridgehead atoms. The van der Waals surface area contributed by atoms with E-state index in [4.69, 9.17) is 9.72 Å². The molecule has 0 aliphatic rings. The second-order valence-electron chi connectivity index (χ2n) is 8.35. The van der Waals surface area contributed by atoms with Gasteiger partial charge in [-0.1, -0.05) is 61.9 Å². The van der Waals surface area contributed by atoms with Gasteiger partial charge >= 0.3 is 11.9 Å². The van der Waals surface area contributed by atoms with Crippen molar-refractivity contribution in [3.05, 3.63) is 94.4 Å². The maximum atomic E-state index is 12.9. The van der Waals surface area contributed by atoms with Gasteiger partial charge < -0.3 is 14.9 Å². The molecule has 1 atom stereocenters. The van der Waals surface area contributed by atoms with Crippen LogP contribution in [-0.4, -0.2) is 38.1 Å². The molecule has 0 amide bonds. The third-order valence-electron chi connectivity index (χ3n) is 6.00. The number of carboxylic acids is 1. The van der Waals surface area contributed by atoms with Crippen LogP contribution in [0.1, 0.15) is 69.7 Å². The largest absolute Gasteiger partial charge is 0.478 e. The lowest BCUT2D eigenvalue weighted by atomic mass is 9.97. The quantitative estimate of drug-likeness (QED) is 0.341. The molecule has 2 heterocycles. The Morgan fingerprint density at radius 3 is 2.40 bits per heavy atom. The molecule has 4 aromatic rings. The summed E-state index contributed by atoms with van der Waals surface area (Å²) < 4.78 is 7.03. The first kappa shape index (κ1) is 24.2. The SMILES string of the molecule is CCCc1nc2c(C)ccc([C@H](O)c3ccc(-c4ccccc4C(=O)O)cc3)n2c1C(=O)OCC. The van der Waals surface area contributed by atoms with Crippen molar-refractivity contribution >= 4 is 17.6 Å². The Balaban J connectivity index is 1.80. The van der Waals surface area contributed by atoms with E-state index in [2.05, 4.69) is 0 Å². The minimum absolute atomic E-state index is 0.210. The smallest absolute Gasteiger partial charge is 0.357 e. The van der Waals surface area contributed by atoms with E-state index in [9.17, 15) is 19.8 Å². The van der Waals surface area contributed by atoms with Gasteiger partial charge in [-0.2, -0.15) is 0 Å². The molecule has 0 spiro atoms. The van der Waals surface area contributed by atoms with Gasteiger partial charge in [0.05, 0.1) is 23.6 Å². The number of benzene rings is 2. The van der Waals surface area contributed by atoms with Crippen LogP contribution < -0.4 is 0 Å². The zero-order chi connectivity index (χ0) is 25.1. The standard InChI is InChI=1S/C28H28N2O5/c1-4-8-22-24(28(34)35-5-2)30-23(16-11-17(3)26(30)29-22)25(31)19-14-12-18(13-15-19)20-9-6-7-10-21(20)27(32)33/h6-7,9-16,25,31H,4-5,8H2,1-3H3,(H,32,33)/t25-/m1/s1. The molecule has 2 aromatic heterocycles. The molecule has 0 unspecified atom stereocenters. The van der Waals surface area contributed by atoms with Crippen LogP contribution in [0.2, 0.25) is 0 Å². The molecule has 7 heteroatoms. The number of rotatable bonds is 8. The summed E-state index contributed by atoms with van der Waals surface area (Å²) in [5, 5.41) is 20.9. The van der Waals surface area contributed by atoms with Crippen molar-refractivity contribution in [3.8, 4) is 11.1 Å². The number of aliphatic hydroxyl groups excluding tert-OH is 1. The number of carboxylic acid groups (broad SMARTS) is 1. The summed E-state index contributed by atoms with van der Waals surface area (Å²) in [5.74, 6) is -1.47. The Bertz CT molecular complexity index is 1390. The van der Waals surface area contributed by atoms with Gasteiger partial charge in [0.15, 0.2) is 5.69 Å². The highest BCUT2D eigenvalue weighted by atomic mass is 16.5. The summed E-state index contributed by atoms with van der Waals surface area (Å²) in [6.45, 7) is 5.93. The summed E-state index contributed by atoms with van der Waals surface area (Å²) >= 11 is 0. The first-order chi connectivity index (χ1) is 16.9. The molecular weight excluding hydrogens is 444 g/mol. The van der Waals surface area contributed by atoms with E-state index in [0.29, 0.717) is 40.3 Å². The summed E-state index contributed by atoms with van der Waals surface area (Å²) in [5.41, 5.74) is 5.13. The Hall–Kier alpha value is -3.97. The molecule has 35 heavy (non-hydrogen) atoms. The number of hydrogen-bond acceptors (Lipinski definition) is 5. The Labute approximate surface area is 203 Å². The average molecular weight is 473 g/mol. The maximum Gasteiger partial charge on any atom is 0.357 e. The van der Waals surface area contributed by atoms with Crippen molar-refractivity contribution in [2.24, 2.45) is 0 Å². The third kappa shape index (κ3) is 4.55. The van der Waals surface area contributed by atoms with Crippen LogP contribution in [0.3, 0.4) is 0 Å². The van der Waals surface area contributed by atoms with E-state index < -0.39 is 18.0 Å². The molecular formula is C28H28N2O5. The molecule has 0 aliphatic carbocycles. The predicted molar refractivity (Wildman–Crippen MR) is 133 cm³/mol. The molecule has 0 fully saturated rings. The van der Waals surface area contributed by atoms with Crippen LogP contribution in [0, 0.1) is 6.92 Å². The molecule has 2 aromatic carbocycles. The van der Waals surface area contributed by atoms with E-state index >= 15 is 0 Å². The van der Waals surface area contributed by atoms with Crippen LogP contribution in [-0.2, 0) is 11.2 Å². The first-order valence-corrected chi connectivity index (χ1v) is 11.7. The lowest BCUT2D eigenvalue weighted by Crippen LogP contribution is -2.15. The number of nitrogens with zero attached hydrogens (tertiary/aromatic N) is 2. The Morgan fingerprint density at radius 2 is 1.74 bits per heavy atom. The van der Waals surface area contributed by atoms with Crippen LogP contribution in [0.5, 0.6) is 0 Å². The number of aromatic carboxylic acids is 1. The molecule has 0 saturated heterocycles. The fourth-order valence-corrected chi connectivity index (χ4v) is 4.31. The van der Waals surface area contributed by atoms with Crippen molar-refractivity contribution in [2.75, 3.05) is 6.61 Å². The molecule has 7 nitrogen and oxygen atoms in total. The number of aliphatic hydroxyl groups is 1. The Morgan fingerprint density at radius 1 is 1.03 bits per heavy atom. The molecule has 0 radical (unpaired) electrons. The van der Waals surface area contributed by atoms with Crippen LogP contribution in [0.4, 0.5) is 0 Å². The highest BCUT2D eigenvalue weighted by Gasteiger charge is 2.25. The van der Waals surface area contributed by atoms with Gasteiger partial charge in [-0.15, -0.1) is 0 Å². The van der Waals surface area contributed by atoms with Gasteiger partial charge in [0.1, 0.15) is 11.8 Å². The van der Waals surface area contributed by atoms with Crippen LogP contribution >= 0.6 is 0 Å². The molecule has 0 saturated carbocycles. The summed E-state index contributed by atoms with van der Waals surface area (Å²) in [6.07, 6.45) is 0.383. The number of aromatic nitrogens is 2. The second-order valence-corrected chi connectivity index (χ2v) is 8.35. The van der Waals surface area contributed by atoms with Crippen molar-refractivity contribution in [2.45, 2.75) is 39.7 Å². The number of imidazole rings is 1. The number of aryl methyl sites for hydroxylation is 2. The number of carbonyl (C=O) groups excluding carboxylic acids is 1. The highest BCUT2D eigenvalue weighted by Crippen LogP contribution is 2.30. The number of fused-ring (bicyclic) bond motifs is 1. The van der Waals surface area contributed by atoms with E-state index in [0.717, 1.165) is 17.5 Å². The maximum absolute atomic E-state index is 12.9. The lowest BCUT2D eigenvalue weighted by Gasteiger charge is -2.17. The van der Waals surface area contributed by atoms with Crippen molar-refractivity contribution in [3.63, 3.8) is 0 Å². The fourth-order valence-electron chi connectivity index (χ4n) is 4.31. The van der Waals surface area contributed by atoms with Crippen LogP contribution in [0.15, 0.2) is 60.7 Å². The second kappa shape index (κ2) is 10.1. The third-order valence-corrected chi connectivity index (χ3v) is 6.00. The number of hydrogen-bond donors (Lipinski definition) is 2. The first-order valence-electron chi connectivity index (χ1n) is 11.7. The minimum atomic E-state index is -1.04. The van der Waals surface area contributed by atoms with Crippen molar-refractivity contribution < 1.29 is 24.5 Å². The van der Waals surface area contributed by atoms with Crippen molar-refractivity contribution in [1.82, 2.24) is 9.38 Å². The van der Waals surface area contributed by atoms with E-state index in [1.165, 1.54) is 0 Å². The number of pyridine rings is 1. The molecule has 2 N–H and O–H groups in total. The van der Waals surface area contributed by atoms with Crippen molar-refractivity contribution in [1.29, 1.82) is 0 Å². The topological polar surface area (TPSA) is 101 Å². The summed E-state index contributed by atoms with van der Waals surface area (Å²) in [4.78, 5) is 29.2. The normalized spacial score (nSPS) is 12.0. The van der Waals surface area contributed by atoms with Gasteiger partial charge in [0.25, 0.3) is 0 Å². The molecule has 4 rings (SSSR count). The predicted octanol–water partition coefficient (Wildman–Crippen LogP) is 5.22. The molecule has 180 valence electrons. The summed E-state index contributed by atoms with van der Waals surface area (Å²) in [7, 11) is 0. The number of carbonyl (C=O) groups is 2. The minimum Gasteiger partial charge on any atom is -0.478 e. The van der Waals surface area contributed by atoms with Gasteiger partial charge in [0.2, 0.25) is 0 Å². The van der Waals surface area contributed by atoms with Crippen LogP contribution in [0.25, 0.3) is 16.8 Å². The zero-order valence-electron chi connectivity index (χ0n) is 20.0. The zero-order valence-corrected chi connectivity index (χ0v) is 20.0. The number of esters is 1. The van der Waals surface area contributed by atoms with Gasteiger partial charge in [-0.05, 0) is 54.7 Å². The average Bonchev–Trinajstić information content (AvgIpc) is 3.24. The van der Waals surface area contributed by atoms with E-state index in [-0.39, 0.29) is 12.2 Å². The van der Waals surface area contributed by atoms with E-state index in [1.54, 1.807) is 65.9 Å². The van der Waals surface area contributed by atoms with Gasteiger partial charge in [-0.3, -0.25) is 4.40 Å². The molecule has 0 aliphatic heterocycles. The van der Waals surface area contributed by atoms with Gasteiger partial charge in [-0.25, -0.2) is 14.6 Å². The lowest BCUT2D eigenvalue weighted by molar-refractivity contribution is 0.0515. The summed E-state index contributed by atoms with van der Waals surface area (Å²) in [6, 6.07) is 17.6. The number of ether oxygens (including phenoxy) is 1. The monoisotopic (exact) mass is 472 g/mol. The Kier molecular flexibility index (Phi) is 6.98. The fraction of sp³-hybridized carbons (Fsp3) is 0.250. The highest BCUT2D eigenvalue weighted by molar-refractivity contribution is 5.96. The van der Waals surface area contributed by atoms with Gasteiger partial charge in [0, 0.05) is 0 Å². The van der Waals surface area contributed by atoms with E-state index in [1.807, 2.05) is 19.9 Å².